The Balaban J connectivity index is 1.14. The molecule has 0 amide bonds. The van der Waals surface area contributed by atoms with Crippen molar-refractivity contribution in [2.24, 2.45) is 0 Å². The standard InChI is InChI=1S/C44H34ClN5O/c1-2-36-29-41(39-23-14-24-40(45)42(39)46-36)51-30-31-25-27-32(28-26-31)37-21-12-13-22-38(37)43-47-49-50(48-43)44(33-15-6-3-7-16-33,34-17-8-4-9-18-34)35-19-10-5-11-20-35/h3-29H,2,30H2,1H3. The van der Waals surface area contributed by atoms with E-state index in [-0.39, 0.29) is 0 Å². The van der Waals surface area contributed by atoms with Crippen LogP contribution in [0.15, 0.2) is 164 Å². The van der Waals surface area contributed by atoms with E-state index in [0.29, 0.717) is 17.5 Å². The third-order valence-corrected chi connectivity index (χ3v) is 9.59. The van der Waals surface area contributed by atoms with Crippen molar-refractivity contribution >= 4 is 22.5 Å². The molecule has 6 aromatic carbocycles. The Kier molecular flexibility index (Phi) is 8.83. The van der Waals surface area contributed by atoms with Crippen molar-refractivity contribution in [3.05, 3.63) is 197 Å². The van der Waals surface area contributed by atoms with Gasteiger partial charge in [0.1, 0.15) is 12.4 Å². The number of fused-ring (bicyclic) bond motifs is 1. The molecule has 2 heterocycles. The molecule has 0 fully saturated rings. The zero-order valence-electron chi connectivity index (χ0n) is 28.0. The number of para-hydroxylation sites is 1. The first-order valence-corrected chi connectivity index (χ1v) is 17.4. The van der Waals surface area contributed by atoms with Gasteiger partial charge in [-0.25, -0.2) is 0 Å². The highest BCUT2D eigenvalue weighted by Gasteiger charge is 2.41. The van der Waals surface area contributed by atoms with Crippen molar-refractivity contribution in [1.29, 1.82) is 0 Å². The van der Waals surface area contributed by atoms with Gasteiger partial charge in [-0.1, -0.05) is 164 Å². The van der Waals surface area contributed by atoms with Crippen LogP contribution < -0.4 is 4.74 Å². The average molecular weight is 684 g/mol. The van der Waals surface area contributed by atoms with Gasteiger partial charge < -0.3 is 4.74 Å². The van der Waals surface area contributed by atoms with Gasteiger partial charge in [-0.2, -0.15) is 0 Å². The van der Waals surface area contributed by atoms with E-state index in [0.717, 1.165) is 67.7 Å². The van der Waals surface area contributed by atoms with Crippen LogP contribution in [0.1, 0.15) is 34.9 Å². The normalized spacial score (nSPS) is 11.5. The molecule has 0 aliphatic heterocycles. The maximum Gasteiger partial charge on any atom is 0.205 e. The molecule has 0 saturated heterocycles. The van der Waals surface area contributed by atoms with Crippen LogP contribution in [0.4, 0.5) is 0 Å². The van der Waals surface area contributed by atoms with E-state index in [1.54, 1.807) is 4.80 Å². The number of hydrogen-bond acceptors (Lipinski definition) is 5. The third-order valence-electron chi connectivity index (χ3n) is 9.28. The molecule has 6 nitrogen and oxygen atoms in total. The Morgan fingerprint density at radius 3 is 1.84 bits per heavy atom. The van der Waals surface area contributed by atoms with Crippen molar-refractivity contribution in [2.45, 2.75) is 25.5 Å². The number of aromatic nitrogens is 5. The minimum Gasteiger partial charge on any atom is -0.488 e. The highest BCUT2D eigenvalue weighted by Crippen LogP contribution is 2.40. The summed E-state index contributed by atoms with van der Waals surface area (Å²) in [7, 11) is 0. The van der Waals surface area contributed by atoms with Crippen LogP contribution in [0.25, 0.3) is 33.4 Å². The topological polar surface area (TPSA) is 65.7 Å². The lowest BCUT2D eigenvalue weighted by atomic mass is 9.77. The number of tetrazole rings is 1. The summed E-state index contributed by atoms with van der Waals surface area (Å²) >= 11 is 6.48. The van der Waals surface area contributed by atoms with Gasteiger partial charge in [0.05, 0.1) is 10.5 Å². The minimum absolute atomic E-state index is 0.410. The summed E-state index contributed by atoms with van der Waals surface area (Å²) < 4.78 is 6.36. The summed E-state index contributed by atoms with van der Waals surface area (Å²) in [6, 6.07) is 55.5. The molecule has 0 radical (unpaired) electrons. The molecule has 2 aromatic heterocycles. The van der Waals surface area contributed by atoms with Gasteiger partial charge >= 0.3 is 0 Å². The fourth-order valence-electron chi connectivity index (χ4n) is 6.75. The maximum atomic E-state index is 6.48. The first-order valence-electron chi connectivity index (χ1n) is 17.0. The maximum absolute atomic E-state index is 6.48. The lowest BCUT2D eigenvalue weighted by Crippen LogP contribution is -2.39. The van der Waals surface area contributed by atoms with Crippen molar-refractivity contribution in [3.63, 3.8) is 0 Å². The molecule has 8 aromatic rings. The number of pyridine rings is 1. The summed E-state index contributed by atoms with van der Waals surface area (Å²) in [5, 5.41) is 16.1. The van der Waals surface area contributed by atoms with Gasteiger partial charge in [0.25, 0.3) is 0 Å². The molecule has 0 N–H and O–H groups in total. The molecule has 0 aliphatic rings. The van der Waals surface area contributed by atoms with Crippen LogP contribution in [-0.4, -0.2) is 25.2 Å². The molecular weight excluding hydrogens is 650 g/mol. The second kappa shape index (κ2) is 14.0. The molecule has 0 unspecified atom stereocenters. The highest BCUT2D eigenvalue weighted by atomic mass is 35.5. The number of rotatable bonds is 10. The fourth-order valence-corrected chi connectivity index (χ4v) is 6.97. The van der Waals surface area contributed by atoms with E-state index >= 15 is 0 Å². The molecule has 0 atom stereocenters. The summed E-state index contributed by atoms with van der Waals surface area (Å²) in [5.41, 5.74) is 7.94. The number of ether oxygens (including phenoxy) is 1. The molecule has 8 rings (SSSR count). The zero-order valence-corrected chi connectivity index (χ0v) is 28.8. The predicted molar refractivity (Wildman–Crippen MR) is 204 cm³/mol. The molecule has 0 bridgehead atoms. The quantitative estimate of drug-likeness (QED) is 0.134. The number of benzene rings is 6. The van der Waals surface area contributed by atoms with Crippen LogP contribution >= 0.6 is 11.6 Å². The minimum atomic E-state index is -0.852. The predicted octanol–water partition coefficient (Wildman–Crippen LogP) is 10.2. The Bertz CT molecular complexity index is 2320. The van der Waals surface area contributed by atoms with Crippen LogP contribution in [-0.2, 0) is 18.6 Å². The smallest absolute Gasteiger partial charge is 0.205 e. The largest absolute Gasteiger partial charge is 0.488 e. The highest BCUT2D eigenvalue weighted by molar-refractivity contribution is 6.35. The Labute approximate surface area is 302 Å². The third kappa shape index (κ3) is 6.04. The monoisotopic (exact) mass is 683 g/mol. The summed E-state index contributed by atoms with van der Waals surface area (Å²) in [6.45, 7) is 2.49. The number of hydrogen-bond donors (Lipinski definition) is 0. The molecule has 248 valence electrons. The van der Waals surface area contributed by atoms with E-state index in [2.05, 4.69) is 110 Å². The fraction of sp³-hybridized carbons (Fsp3) is 0.0909. The van der Waals surface area contributed by atoms with Gasteiger partial charge in [-0.15, -0.1) is 15.0 Å². The van der Waals surface area contributed by atoms with Gasteiger partial charge in [0.15, 0.2) is 5.54 Å². The molecule has 7 heteroatoms. The summed E-state index contributed by atoms with van der Waals surface area (Å²) in [5.74, 6) is 1.32. The molecule has 0 aliphatic carbocycles. The Morgan fingerprint density at radius 1 is 0.647 bits per heavy atom. The zero-order chi connectivity index (χ0) is 34.6. The second-order valence-electron chi connectivity index (χ2n) is 12.3. The van der Waals surface area contributed by atoms with Crippen molar-refractivity contribution in [1.82, 2.24) is 25.2 Å². The number of aryl methyl sites for hydroxylation is 1. The second-order valence-corrected chi connectivity index (χ2v) is 12.8. The van der Waals surface area contributed by atoms with Crippen molar-refractivity contribution < 1.29 is 4.74 Å². The Morgan fingerprint density at radius 2 is 1.24 bits per heavy atom. The van der Waals surface area contributed by atoms with Crippen molar-refractivity contribution in [3.8, 4) is 28.3 Å². The van der Waals surface area contributed by atoms with Crippen LogP contribution in [0.2, 0.25) is 5.02 Å². The van der Waals surface area contributed by atoms with Gasteiger partial charge in [0.2, 0.25) is 5.82 Å². The first kappa shape index (κ1) is 32.1. The molecule has 0 spiro atoms. The summed E-state index contributed by atoms with van der Waals surface area (Å²) in [6.07, 6.45) is 0.792. The van der Waals surface area contributed by atoms with Gasteiger partial charge in [-0.05, 0) is 57.1 Å². The van der Waals surface area contributed by atoms with E-state index in [1.165, 1.54) is 0 Å². The molecule has 0 saturated carbocycles. The van der Waals surface area contributed by atoms with E-state index in [9.17, 15) is 0 Å². The SMILES string of the molecule is CCc1cc(OCc2ccc(-c3ccccc3-c3nnn(C(c4ccccc4)(c4ccccc4)c4ccccc4)n3)cc2)c2cccc(Cl)c2n1. The molecular formula is C44H34ClN5O. The van der Waals surface area contributed by atoms with E-state index in [1.807, 2.05) is 60.7 Å². The van der Waals surface area contributed by atoms with Gasteiger partial charge in [-0.3, -0.25) is 4.98 Å². The number of nitrogens with zero attached hydrogens (tertiary/aromatic N) is 5. The Hall–Kier alpha value is -6.11. The molecule has 51 heavy (non-hydrogen) atoms. The number of halogens is 1. The van der Waals surface area contributed by atoms with Crippen LogP contribution in [0.3, 0.4) is 0 Å². The lowest BCUT2D eigenvalue weighted by molar-refractivity contribution is 0.309. The van der Waals surface area contributed by atoms with Crippen LogP contribution in [0.5, 0.6) is 5.75 Å². The van der Waals surface area contributed by atoms with E-state index in [4.69, 9.17) is 36.7 Å². The average Bonchev–Trinajstić information content (AvgIpc) is 3.69. The van der Waals surface area contributed by atoms with Gasteiger partial charge in [0, 0.05) is 22.7 Å². The first-order chi connectivity index (χ1) is 25.1. The summed E-state index contributed by atoms with van der Waals surface area (Å²) in [4.78, 5) is 6.48. The van der Waals surface area contributed by atoms with Crippen molar-refractivity contribution in [2.75, 3.05) is 0 Å². The lowest BCUT2D eigenvalue weighted by Gasteiger charge is -2.34. The van der Waals surface area contributed by atoms with Crippen LogP contribution in [0, 0.1) is 0 Å². The van der Waals surface area contributed by atoms with E-state index < -0.39 is 5.54 Å².